The first-order valence-corrected chi connectivity index (χ1v) is 18.2. The van der Waals surface area contributed by atoms with Crippen LogP contribution in [0.1, 0.15) is 18.9 Å². The summed E-state index contributed by atoms with van der Waals surface area (Å²) >= 11 is 1.91. The molecule has 0 amide bonds. The number of nitrogens with zero attached hydrogens (tertiary/aromatic N) is 1. The monoisotopic (exact) mass is 656 g/mol. The van der Waals surface area contributed by atoms with Crippen LogP contribution in [0.15, 0.2) is 158 Å². The Bertz CT molecular complexity index is 3080. The van der Waals surface area contributed by atoms with E-state index in [1.54, 1.807) is 0 Å². The Labute approximate surface area is 293 Å². The molecule has 3 heterocycles. The molecule has 0 saturated carbocycles. The number of fused-ring (bicyclic) bond motifs is 10. The van der Waals surface area contributed by atoms with E-state index in [4.69, 9.17) is 0 Å². The number of rotatable bonds is 3. The van der Waals surface area contributed by atoms with Crippen molar-refractivity contribution in [1.82, 2.24) is 9.55 Å². The molecule has 1 aliphatic rings. The molecule has 0 fully saturated rings. The molecule has 236 valence electrons. The predicted molar refractivity (Wildman–Crippen MR) is 216 cm³/mol. The van der Waals surface area contributed by atoms with Crippen molar-refractivity contribution in [2.24, 2.45) is 0 Å². The van der Waals surface area contributed by atoms with Gasteiger partial charge in [-0.05, 0) is 94.9 Å². The van der Waals surface area contributed by atoms with Gasteiger partial charge >= 0.3 is 0 Å². The Hall–Kier alpha value is -5.90. The summed E-state index contributed by atoms with van der Waals surface area (Å²) in [5.74, 6) is 0. The van der Waals surface area contributed by atoms with Crippen molar-refractivity contribution in [3.8, 4) is 11.1 Å². The van der Waals surface area contributed by atoms with Crippen LogP contribution >= 0.6 is 11.3 Å². The molecule has 0 saturated heterocycles. The number of hydrogen-bond donors (Lipinski definition) is 1. The zero-order valence-electron chi connectivity index (χ0n) is 27.6. The maximum Gasteiger partial charge on any atom is 0.0649 e. The van der Waals surface area contributed by atoms with E-state index in [9.17, 15) is 0 Å². The fourth-order valence-corrected chi connectivity index (χ4v) is 9.70. The van der Waals surface area contributed by atoms with Gasteiger partial charge in [0.15, 0.2) is 0 Å². The lowest BCUT2D eigenvalue weighted by atomic mass is 9.86. The third-order valence-corrected chi connectivity index (χ3v) is 12.1. The lowest BCUT2D eigenvalue weighted by Crippen LogP contribution is -2.28. The van der Waals surface area contributed by atoms with E-state index in [0.29, 0.717) is 0 Å². The molecule has 1 N–H and O–H groups in total. The normalized spacial score (nSPS) is 16.5. The minimum absolute atomic E-state index is 0.205. The number of allylic oxidation sites excluding steroid dienone is 4. The average Bonchev–Trinajstić information content (AvgIpc) is 3.81. The van der Waals surface area contributed by atoms with Crippen LogP contribution < -0.4 is 0 Å². The standard InChI is InChI=1S/C47H32N2S/c1-47(21-9-14-34(28-47)29-10-3-2-4-11-29)49-43-16-8-7-15-35(43)38-24-39-40-25-42-37(26-45(40)50-46(39)27-44(38)49)36-23-33(19-20-41(36)48-42)32-18-17-30-12-5-6-13-31(30)22-32/h2-20,22-28,48H,21H2,1H3. The number of aromatic amines is 1. The summed E-state index contributed by atoms with van der Waals surface area (Å²) in [6.07, 6.45) is 8.05. The van der Waals surface area contributed by atoms with Crippen LogP contribution in [0.5, 0.6) is 0 Å². The predicted octanol–water partition coefficient (Wildman–Crippen LogP) is 13.4. The van der Waals surface area contributed by atoms with Crippen molar-refractivity contribution < 1.29 is 0 Å². The number of aromatic nitrogens is 2. The van der Waals surface area contributed by atoms with Gasteiger partial charge in [0.1, 0.15) is 0 Å². The maximum absolute atomic E-state index is 3.76. The minimum Gasteiger partial charge on any atom is -0.354 e. The van der Waals surface area contributed by atoms with E-state index in [1.165, 1.54) is 96.8 Å². The van der Waals surface area contributed by atoms with Crippen LogP contribution in [0.25, 0.3) is 91.3 Å². The SMILES string of the molecule is CC1(n2c3ccccc3c3cc4c(cc32)sc2cc3c(cc24)[nH]c2ccc(-c4ccc5ccccc5c4)cc23)C=C(c2ccccc2)C=CC1. The Kier molecular flexibility index (Phi) is 5.77. The fourth-order valence-electron chi connectivity index (χ4n) is 8.56. The Morgan fingerprint density at radius 3 is 2.20 bits per heavy atom. The molecule has 0 radical (unpaired) electrons. The van der Waals surface area contributed by atoms with Gasteiger partial charge in [-0.1, -0.05) is 109 Å². The van der Waals surface area contributed by atoms with Crippen LogP contribution in [-0.4, -0.2) is 9.55 Å². The van der Waals surface area contributed by atoms with E-state index < -0.39 is 0 Å². The van der Waals surface area contributed by atoms with Crippen molar-refractivity contribution in [2.75, 3.05) is 0 Å². The van der Waals surface area contributed by atoms with E-state index in [-0.39, 0.29) is 5.54 Å². The molecule has 11 rings (SSSR count). The highest BCUT2D eigenvalue weighted by atomic mass is 32.1. The molecule has 0 spiro atoms. The Morgan fingerprint density at radius 2 is 1.28 bits per heavy atom. The highest BCUT2D eigenvalue weighted by Crippen LogP contribution is 2.45. The fraction of sp³-hybridized carbons (Fsp3) is 0.0638. The van der Waals surface area contributed by atoms with Gasteiger partial charge in [-0.2, -0.15) is 0 Å². The highest BCUT2D eigenvalue weighted by molar-refractivity contribution is 7.26. The molecule has 1 atom stereocenters. The third kappa shape index (κ3) is 4.08. The summed E-state index contributed by atoms with van der Waals surface area (Å²) in [4.78, 5) is 3.76. The zero-order chi connectivity index (χ0) is 33.0. The van der Waals surface area contributed by atoms with Crippen molar-refractivity contribution in [3.05, 3.63) is 163 Å². The molecule has 3 heteroatoms. The second-order valence-corrected chi connectivity index (χ2v) is 15.2. The third-order valence-electron chi connectivity index (χ3n) is 11.0. The summed E-state index contributed by atoms with van der Waals surface area (Å²) in [6.45, 7) is 2.39. The first-order valence-electron chi connectivity index (χ1n) is 17.4. The minimum atomic E-state index is -0.205. The van der Waals surface area contributed by atoms with Crippen molar-refractivity contribution in [2.45, 2.75) is 18.9 Å². The molecular formula is C47H32N2S. The number of nitrogens with one attached hydrogen (secondary N) is 1. The van der Waals surface area contributed by atoms with Crippen molar-refractivity contribution in [3.63, 3.8) is 0 Å². The lowest BCUT2D eigenvalue weighted by Gasteiger charge is -2.32. The van der Waals surface area contributed by atoms with Crippen LogP contribution in [0.3, 0.4) is 0 Å². The molecular weight excluding hydrogens is 625 g/mol. The molecule has 1 aliphatic carbocycles. The van der Waals surface area contributed by atoms with E-state index in [2.05, 4.69) is 174 Å². The molecule has 2 nitrogen and oxygen atoms in total. The highest BCUT2D eigenvalue weighted by Gasteiger charge is 2.30. The van der Waals surface area contributed by atoms with Gasteiger partial charge in [-0.15, -0.1) is 11.3 Å². The summed E-state index contributed by atoms with van der Waals surface area (Å²) in [5, 5.41) is 10.4. The van der Waals surface area contributed by atoms with Gasteiger partial charge in [0.25, 0.3) is 0 Å². The lowest BCUT2D eigenvalue weighted by molar-refractivity contribution is 0.439. The van der Waals surface area contributed by atoms with Gasteiger partial charge in [0.05, 0.1) is 11.1 Å². The largest absolute Gasteiger partial charge is 0.354 e. The second-order valence-electron chi connectivity index (χ2n) is 14.1. The van der Waals surface area contributed by atoms with E-state index in [1.807, 2.05) is 11.3 Å². The van der Waals surface area contributed by atoms with E-state index >= 15 is 0 Å². The average molecular weight is 657 g/mol. The van der Waals surface area contributed by atoms with Crippen molar-refractivity contribution in [1.29, 1.82) is 0 Å². The quantitative estimate of drug-likeness (QED) is 0.195. The maximum atomic E-state index is 3.76. The molecule has 1 unspecified atom stereocenters. The van der Waals surface area contributed by atoms with Gasteiger partial charge in [0, 0.05) is 58.3 Å². The zero-order valence-corrected chi connectivity index (χ0v) is 28.4. The summed E-state index contributed by atoms with van der Waals surface area (Å²) < 4.78 is 5.25. The first-order chi connectivity index (χ1) is 24.6. The molecule has 10 aromatic rings. The Balaban J connectivity index is 1.10. The van der Waals surface area contributed by atoms with Crippen LogP contribution in [0.2, 0.25) is 0 Å². The summed E-state index contributed by atoms with van der Waals surface area (Å²) in [7, 11) is 0. The van der Waals surface area contributed by atoms with Crippen LogP contribution in [0.4, 0.5) is 0 Å². The van der Waals surface area contributed by atoms with Gasteiger partial charge in [-0.25, -0.2) is 0 Å². The number of para-hydroxylation sites is 1. The van der Waals surface area contributed by atoms with Gasteiger partial charge in [0.2, 0.25) is 0 Å². The number of benzene rings is 7. The van der Waals surface area contributed by atoms with Crippen LogP contribution in [-0.2, 0) is 5.54 Å². The number of H-pyrrole nitrogens is 1. The van der Waals surface area contributed by atoms with Gasteiger partial charge in [-0.3, -0.25) is 0 Å². The molecule has 0 aliphatic heterocycles. The molecule has 3 aromatic heterocycles. The smallest absolute Gasteiger partial charge is 0.0649 e. The summed E-state index contributed by atoms with van der Waals surface area (Å²) in [5.41, 5.74) is 9.76. The number of hydrogen-bond acceptors (Lipinski definition) is 1. The van der Waals surface area contributed by atoms with Crippen LogP contribution in [0, 0.1) is 0 Å². The number of thiophene rings is 1. The molecule has 0 bridgehead atoms. The Morgan fingerprint density at radius 1 is 0.540 bits per heavy atom. The summed E-state index contributed by atoms with van der Waals surface area (Å²) in [6, 6.07) is 51.6. The van der Waals surface area contributed by atoms with Crippen molar-refractivity contribution >= 4 is 91.5 Å². The molecule has 7 aromatic carbocycles. The van der Waals surface area contributed by atoms with Gasteiger partial charge < -0.3 is 9.55 Å². The van der Waals surface area contributed by atoms with E-state index in [0.717, 1.165) is 6.42 Å². The topological polar surface area (TPSA) is 20.7 Å². The first kappa shape index (κ1) is 28.0. The second kappa shape index (κ2) is 10.3. The molecule has 50 heavy (non-hydrogen) atoms.